The van der Waals surface area contributed by atoms with E-state index >= 15 is 0 Å². The van der Waals surface area contributed by atoms with Crippen molar-refractivity contribution >= 4 is 11.7 Å². The molecule has 1 saturated heterocycles. The van der Waals surface area contributed by atoms with Crippen LogP contribution in [0.1, 0.15) is 18.4 Å². The topological polar surface area (TPSA) is 88.8 Å². The summed E-state index contributed by atoms with van der Waals surface area (Å²) in [5, 5.41) is 13.5. The minimum Gasteiger partial charge on any atom is -0.357 e. The van der Waals surface area contributed by atoms with Crippen molar-refractivity contribution < 1.29 is 4.79 Å². The van der Waals surface area contributed by atoms with Gasteiger partial charge in [0, 0.05) is 25.8 Å². The minimum absolute atomic E-state index is 0.122. The highest BCUT2D eigenvalue weighted by molar-refractivity contribution is 5.75. The maximum Gasteiger partial charge on any atom is 0.242 e. The molecule has 0 bridgehead atoms. The van der Waals surface area contributed by atoms with Gasteiger partial charge in [-0.15, -0.1) is 5.10 Å². The zero-order valence-corrected chi connectivity index (χ0v) is 11.6. The predicted molar refractivity (Wildman–Crippen MR) is 75.3 cm³/mol. The molecule has 3 rings (SSSR count). The summed E-state index contributed by atoms with van der Waals surface area (Å²) in [6.45, 7) is 2.71. The Morgan fingerprint density at radius 3 is 2.95 bits per heavy atom. The van der Waals surface area contributed by atoms with E-state index in [0.29, 0.717) is 6.54 Å². The van der Waals surface area contributed by atoms with Crippen LogP contribution in [0, 0.1) is 0 Å². The van der Waals surface area contributed by atoms with Crippen molar-refractivity contribution in [1.82, 2.24) is 30.5 Å². The highest BCUT2D eigenvalue weighted by Crippen LogP contribution is 2.18. The summed E-state index contributed by atoms with van der Waals surface area (Å²) >= 11 is 0. The van der Waals surface area contributed by atoms with E-state index in [1.807, 2.05) is 12.1 Å². The van der Waals surface area contributed by atoms with Crippen molar-refractivity contribution in [2.24, 2.45) is 0 Å². The fourth-order valence-corrected chi connectivity index (χ4v) is 2.35. The second-order valence-electron chi connectivity index (χ2n) is 5.00. The third-order valence-electron chi connectivity index (χ3n) is 3.43. The number of hydrogen-bond donors (Lipinski definition) is 1. The molecule has 3 heterocycles. The van der Waals surface area contributed by atoms with E-state index < -0.39 is 0 Å². The molecule has 0 atom stereocenters. The average molecular weight is 287 g/mol. The molecular weight excluding hydrogens is 270 g/mol. The van der Waals surface area contributed by atoms with E-state index in [-0.39, 0.29) is 12.5 Å². The Balaban J connectivity index is 1.55. The molecule has 1 N–H and O–H groups in total. The Hall–Kier alpha value is -2.51. The number of rotatable bonds is 5. The first-order chi connectivity index (χ1) is 10.3. The molecule has 1 fully saturated rings. The number of nitrogens with zero attached hydrogens (tertiary/aromatic N) is 6. The van der Waals surface area contributed by atoms with Crippen LogP contribution in [0.5, 0.6) is 0 Å². The lowest BCUT2D eigenvalue weighted by atomic mass is 10.2. The maximum atomic E-state index is 11.8. The molecular formula is C13H17N7O. The second kappa shape index (κ2) is 6.29. The van der Waals surface area contributed by atoms with Gasteiger partial charge in [0.1, 0.15) is 18.7 Å². The first-order valence-electron chi connectivity index (χ1n) is 6.98. The van der Waals surface area contributed by atoms with Crippen LogP contribution < -0.4 is 10.2 Å². The Labute approximate surface area is 122 Å². The molecule has 0 aliphatic carbocycles. The highest BCUT2D eigenvalue weighted by Gasteiger charge is 2.13. The quantitative estimate of drug-likeness (QED) is 0.831. The first kappa shape index (κ1) is 13.5. The van der Waals surface area contributed by atoms with Gasteiger partial charge in [0.25, 0.3) is 0 Å². The third-order valence-corrected chi connectivity index (χ3v) is 3.43. The number of pyridine rings is 1. The zero-order valence-electron chi connectivity index (χ0n) is 11.6. The molecule has 8 heteroatoms. The summed E-state index contributed by atoms with van der Waals surface area (Å²) in [4.78, 5) is 18.4. The van der Waals surface area contributed by atoms with Crippen molar-refractivity contribution in [2.75, 3.05) is 18.0 Å². The second-order valence-corrected chi connectivity index (χ2v) is 5.00. The fourth-order valence-electron chi connectivity index (χ4n) is 2.35. The lowest BCUT2D eigenvalue weighted by molar-refractivity contribution is -0.122. The number of carbonyl (C=O) groups is 1. The van der Waals surface area contributed by atoms with Crippen LogP contribution in [0.15, 0.2) is 24.7 Å². The smallest absolute Gasteiger partial charge is 0.242 e. The van der Waals surface area contributed by atoms with Crippen LogP contribution in [0.4, 0.5) is 5.82 Å². The number of tetrazole rings is 1. The van der Waals surface area contributed by atoms with E-state index in [1.165, 1.54) is 23.9 Å². The Kier molecular flexibility index (Phi) is 4.04. The van der Waals surface area contributed by atoms with Crippen molar-refractivity contribution in [2.45, 2.75) is 25.9 Å². The maximum absolute atomic E-state index is 11.8. The van der Waals surface area contributed by atoms with Crippen molar-refractivity contribution in [1.29, 1.82) is 0 Å². The Morgan fingerprint density at radius 1 is 1.33 bits per heavy atom. The minimum atomic E-state index is -0.123. The van der Waals surface area contributed by atoms with Gasteiger partial charge in [-0.3, -0.25) is 4.79 Å². The molecule has 0 saturated carbocycles. The molecule has 1 amide bonds. The molecule has 110 valence electrons. The van der Waals surface area contributed by atoms with Crippen LogP contribution in [0.2, 0.25) is 0 Å². The number of anilines is 1. The summed E-state index contributed by atoms with van der Waals surface area (Å²) in [6.07, 6.45) is 5.64. The van der Waals surface area contributed by atoms with Gasteiger partial charge in [-0.25, -0.2) is 9.67 Å². The normalized spacial score (nSPS) is 14.4. The molecule has 0 radical (unpaired) electrons. The van der Waals surface area contributed by atoms with Crippen LogP contribution in [0.25, 0.3) is 0 Å². The van der Waals surface area contributed by atoms with Gasteiger partial charge < -0.3 is 10.2 Å². The molecule has 0 aromatic carbocycles. The molecule has 0 spiro atoms. The summed E-state index contributed by atoms with van der Waals surface area (Å²) in [6, 6.07) is 3.94. The molecule has 2 aromatic heterocycles. The van der Waals surface area contributed by atoms with Crippen molar-refractivity contribution in [3.05, 3.63) is 30.2 Å². The summed E-state index contributed by atoms with van der Waals surface area (Å²) in [5.74, 6) is 0.863. The summed E-state index contributed by atoms with van der Waals surface area (Å²) in [5.41, 5.74) is 1.04. The molecule has 21 heavy (non-hydrogen) atoms. The largest absolute Gasteiger partial charge is 0.357 e. The Bertz CT molecular complexity index is 592. The van der Waals surface area contributed by atoms with Crippen molar-refractivity contribution in [3.63, 3.8) is 0 Å². The molecule has 1 aliphatic rings. The summed E-state index contributed by atoms with van der Waals surface area (Å²) in [7, 11) is 0. The SMILES string of the molecule is O=C(Cn1cnnn1)NCc1ccnc(N2CCCC2)c1. The monoisotopic (exact) mass is 287 g/mol. The molecule has 0 unspecified atom stereocenters. The number of carbonyl (C=O) groups excluding carboxylic acids is 1. The van der Waals surface area contributed by atoms with Crippen molar-refractivity contribution in [3.8, 4) is 0 Å². The van der Waals surface area contributed by atoms with Gasteiger partial charge >= 0.3 is 0 Å². The molecule has 2 aromatic rings. The van der Waals surface area contributed by atoms with Gasteiger partial charge in [-0.1, -0.05) is 0 Å². The summed E-state index contributed by atoms with van der Waals surface area (Å²) < 4.78 is 1.39. The van der Waals surface area contributed by atoms with E-state index in [0.717, 1.165) is 24.5 Å². The number of hydrogen-bond acceptors (Lipinski definition) is 6. The van der Waals surface area contributed by atoms with E-state index in [1.54, 1.807) is 6.20 Å². The van der Waals surface area contributed by atoms with Crippen LogP contribution >= 0.6 is 0 Å². The molecule has 8 nitrogen and oxygen atoms in total. The van der Waals surface area contributed by atoms with Gasteiger partial charge in [0.15, 0.2) is 0 Å². The van der Waals surface area contributed by atoms with Crippen LogP contribution in [-0.2, 0) is 17.9 Å². The lowest BCUT2D eigenvalue weighted by Gasteiger charge is -2.16. The van der Waals surface area contributed by atoms with Gasteiger partial charge in [0.2, 0.25) is 5.91 Å². The van der Waals surface area contributed by atoms with Gasteiger partial charge in [-0.05, 0) is 41.0 Å². The molecule has 1 aliphatic heterocycles. The zero-order chi connectivity index (χ0) is 14.5. The number of nitrogens with one attached hydrogen (secondary N) is 1. The van der Waals surface area contributed by atoms with E-state index in [2.05, 4.69) is 30.7 Å². The van der Waals surface area contributed by atoms with E-state index in [9.17, 15) is 4.79 Å². The Morgan fingerprint density at radius 2 is 2.19 bits per heavy atom. The van der Waals surface area contributed by atoms with Crippen LogP contribution in [-0.4, -0.2) is 44.2 Å². The standard InChI is InChI=1S/C13H17N7O/c21-13(9-20-10-16-17-18-20)15-8-11-3-4-14-12(7-11)19-5-1-2-6-19/h3-4,7,10H,1-2,5-6,8-9H2,(H,15,21). The van der Waals surface area contributed by atoms with Gasteiger partial charge in [0.05, 0.1) is 0 Å². The fraction of sp³-hybridized carbons (Fsp3) is 0.462. The van der Waals surface area contributed by atoms with E-state index in [4.69, 9.17) is 0 Å². The first-order valence-corrected chi connectivity index (χ1v) is 6.98. The predicted octanol–water partition coefficient (Wildman–Crippen LogP) is -0.0153. The lowest BCUT2D eigenvalue weighted by Crippen LogP contribution is -2.27. The average Bonchev–Trinajstić information content (AvgIpc) is 3.19. The third kappa shape index (κ3) is 3.53. The van der Waals surface area contributed by atoms with Crippen LogP contribution in [0.3, 0.4) is 0 Å². The number of amides is 1. The number of aromatic nitrogens is 5. The highest BCUT2D eigenvalue weighted by atomic mass is 16.2. The van der Waals surface area contributed by atoms with Gasteiger partial charge in [-0.2, -0.15) is 0 Å².